The largest absolute Gasteiger partial charge is 0.466 e. The van der Waals surface area contributed by atoms with Crippen LogP contribution in [0.25, 0.3) is 0 Å². The van der Waals surface area contributed by atoms with Crippen LogP contribution in [0.4, 0.5) is 0 Å². The second-order valence-electron chi connectivity index (χ2n) is 4.53. The standard InChI is InChI=1S/C12H21NO4S/c1-4-11(12(14)17-3)5-6-13-7-8-18(15,16)9-10(13)2/h5,10H,4,6-9H2,1-3H3. The molecule has 0 bridgehead atoms. The lowest BCUT2D eigenvalue weighted by Gasteiger charge is -2.32. The van der Waals surface area contributed by atoms with E-state index in [1.807, 2.05) is 19.9 Å². The van der Waals surface area contributed by atoms with Crippen LogP contribution in [-0.4, -0.2) is 57.0 Å². The summed E-state index contributed by atoms with van der Waals surface area (Å²) in [6.45, 7) is 4.91. The summed E-state index contributed by atoms with van der Waals surface area (Å²) >= 11 is 0. The van der Waals surface area contributed by atoms with Crippen molar-refractivity contribution in [1.82, 2.24) is 4.90 Å². The van der Waals surface area contributed by atoms with E-state index in [9.17, 15) is 13.2 Å². The molecule has 1 aliphatic rings. The van der Waals surface area contributed by atoms with E-state index in [-0.39, 0.29) is 23.5 Å². The first kappa shape index (κ1) is 15.2. The maximum atomic E-state index is 11.4. The lowest BCUT2D eigenvalue weighted by molar-refractivity contribution is -0.136. The molecule has 0 aliphatic carbocycles. The quantitative estimate of drug-likeness (QED) is 0.556. The molecule has 1 atom stereocenters. The molecule has 0 radical (unpaired) electrons. The van der Waals surface area contributed by atoms with E-state index in [0.717, 1.165) is 0 Å². The number of esters is 1. The van der Waals surface area contributed by atoms with Crippen molar-refractivity contribution in [2.24, 2.45) is 0 Å². The summed E-state index contributed by atoms with van der Waals surface area (Å²) in [6, 6.07) is -0.00393. The molecular formula is C12H21NO4S. The van der Waals surface area contributed by atoms with Crippen LogP contribution in [0.15, 0.2) is 11.6 Å². The molecule has 1 heterocycles. The van der Waals surface area contributed by atoms with E-state index in [1.54, 1.807) is 0 Å². The molecule has 0 aromatic carbocycles. The maximum Gasteiger partial charge on any atom is 0.333 e. The predicted molar refractivity (Wildman–Crippen MR) is 70.1 cm³/mol. The SMILES string of the molecule is CCC(=CCN1CCS(=O)(=O)CC1C)C(=O)OC. The Bertz CT molecular complexity index is 427. The minimum atomic E-state index is -2.88. The molecule has 18 heavy (non-hydrogen) atoms. The highest BCUT2D eigenvalue weighted by molar-refractivity contribution is 7.91. The maximum absolute atomic E-state index is 11.4. The van der Waals surface area contributed by atoms with Crippen molar-refractivity contribution in [3.63, 3.8) is 0 Å². The third kappa shape index (κ3) is 4.10. The van der Waals surface area contributed by atoms with Gasteiger partial charge in [0.25, 0.3) is 0 Å². The molecule has 0 aromatic heterocycles. The number of sulfone groups is 1. The smallest absolute Gasteiger partial charge is 0.333 e. The van der Waals surface area contributed by atoms with Crippen molar-refractivity contribution in [1.29, 1.82) is 0 Å². The minimum Gasteiger partial charge on any atom is -0.466 e. The molecule has 0 aromatic rings. The van der Waals surface area contributed by atoms with Gasteiger partial charge in [-0.3, -0.25) is 4.90 Å². The van der Waals surface area contributed by atoms with Gasteiger partial charge in [-0.15, -0.1) is 0 Å². The van der Waals surface area contributed by atoms with Gasteiger partial charge in [-0.25, -0.2) is 13.2 Å². The Morgan fingerprint density at radius 3 is 2.67 bits per heavy atom. The van der Waals surface area contributed by atoms with E-state index < -0.39 is 9.84 Å². The van der Waals surface area contributed by atoms with Crippen LogP contribution in [0.1, 0.15) is 20.3 Å². The Morgan fingerprint density at radius 2 is 2.17 bits per heavy atom. The van der Waals surface area contributed by atoms with Crippen LogP contribution >= 0.6 is 0 Å². The highest BCUT2D eigenvalue weighted by Gasteiger charge is 2.27. The van der Waals surface area contributed by atoms with Gasteiger partial charge >= 0.3 is 5.97 Å². The third-order valence-corrected chi connectivity index (χ3v) is 5.00. The lowest BCUT2D eigenvalue weighted by Crippen LogP contribution is -2.46. The second-order valence-corrected chi connectivity index (χ2v) is 6.76. The fraction of sp³-hybridized carbons (Fsp3) is 0.750. The Hall–Kier alpha value is -0.880. The highest BCUT2D eigenvalue weighted by atomic mass is 32.2. The molecule has 1 aliphatic heterocycles. The van der Waals surface area contributed by atoms with Gasteiger partial charge in [0, 0.05) is 24.7 Å². The van der Waals surface area contributed by atoms with Crippen LogP contribution in [0, 0.1) is 0 Å². The van der Waals surface area contributed by atoms with E-state index >= 15 is 0 Å². The van der Waals surface area contributed by atoms with Crippen molar-refractivity contribution >= 4 is 15.8 Å². The number of carbonyl (C=O) groups is 1. The first-order chi connectivity index (χ1) is 8.39. The molecule has 0 N–H and O–H groups in total. The summed E-state index contributed by atoms with van der Waals surface area (Å²) in [4.78, 5) is 13.5. The number of rotatable bonds is 4. The van der Waals surface area contributed by atoms with Crippen LogP contribution in [0.3, 0.4) is 0 Å². The van der Waals surface area contributed by atoms with E-state index in [0.29, 0.717) is 25.1 Å². The van der Waals surface area contributed by atoms with Crippen molar-refractivity contribution < 1.29 is 17.9 Å². The van der Waals surface area contributed by atoms with E-state index in [1.165, 1.54) is 7.11 Å². The van der Waals surface area contributed by atoms with Crippen LogP contribution in [0.2, 0.25) is 0 Å². The van der Waals surface area contributed by atoms with Crippen LogP contribution in [0.5, 0.6) is 0 Å². The zero-order valence-electron chi connectivity index (χ0n) is 11.2. The van der Waals surface area contributed by atoms with Gasteiger partial charge in [0.2, 0.25) is 0 Å². The Balaban J connectivity index is 2.63. The summed E-state index contributed by atoms with van der Waals surface area (Å²) < 4.78 is 27.6. The summed E-state index contributed by atoms with van der Waals surface area (Å²) in [6.07, 6.45) is 2.45. The molecule has 1 fully saturated rings. The average molecular weight is 275 g/mol. The van der Waals surface area contributed by atoms with Gasteiger partial charge < -0.3 is 4.74 Å². The Kier molecular flexibility index (Phi) is 5.34. The number of nitrogens with zero attached hydrogens (tertiary/aromatic N) is 1. The lowest BCUT2D eigenvalue weighted by atomic mass is 10.2. The molecule has 104 valence electrons. The molecule has 6 heteroatoms. The van der Waals surface area contributed by atoms with Gasteiger partial charge in [-0.1, -0.05) is 13.0 Å². The molecule has 1 unspecified atom stereocenters. The first-order valence-corrected chi connectivity index (χ1v) is 7.93. The predicted octanol–water partition coefficient (Wildman–Crippen LogP) is 0.615. The monoisotopic (exact) mass is 275 g/mol. The number of hydrogen-bond donors (Lipinski definition) is 0. The van der Waals surface area contributed by atoms with Crippen molar-refractivity contribution in [3.05, 3.63) is 11.6 Å². The zero-order chi connectivity index (χ0) is 13.8. The fourth-order valence-corrected chi connectivity index (χ4v) is 3.66. The van der Waals surface area contributed by atoms with Gasteiger partial charge in [0.05, 0.1) is 18.6 Å². The van der Waals surface area contributed by atoms with Crippen molar-refractivity contribution in [2.45, 2.75) is 26.3 Å². The first-order valence-electron chi connectivity index (χ1n) is 6.11. The Labute approximate surface area is 109 Å². The molecular weight excluding hydrogens is 254 g/mol. The summed E-state index contributed by atoms with van der Waals surface area (Å²) in [5.74, 6) is 0.0838. The normalized spacial score (nSPS) is 24.8. The van der Waals surface area contributed by atoms with E-state index in [2.05, 4.69) is 9.64 Å². The topological polar surface area (TPSA) is 63.7 Å². The van der Waals surface area contributed by atoms with Gasteiger partial charge in [0.1, 0.15) is 0 Å². The molecule has 5 nitrogen and oxygen atoms in total. The minimum absolute atomic E-state index is 0.00393. The molecule has 0 saturated carbocycles. The number of methoxy groups -OCH3 is 1. The van der Waals surface area contributed by atoms with Gasteiger partial charge in [0.15, 0.2) is 9.84 Å². The van der Waals surface area contributed by atoms with Crippen molar-refractivity contribution in [3.8, 4) is 0 Å². The van der Waals surface area contributed by atoms with Crippen molar-refractivity contribution in [2.75, 3.05) is 31.7 Å². The summed E-state index contributed by atoms with van der Waals surface area (Å²) in [5, 5.41) is 0. The average Bonchev–Trinajstić information content (AvgIpc) is 2.31. The molecule has 0 spiro atoms. The Morgan fingerprint density at radius 1 is 1.50 bits per heavy atom. The highest BCUT2D eigenvalue weighted by Crippen LogP contribution is 2.12. The second kappa shape index (κ2) is 6.33. The van der Waals surface area contributed by atoms with Crippen LogP contribution in [-0.2, 0) is 19.4 Å². The third-order valence-electron chi connectivity index (χ3n) is 3.21. The van der Waals surface area contributed by atoms with Gasteiger partial charge in [-0.2, -0.15) is 0 Å². The number of carbonyl (C=O) groups excluding carboxylic acids is 1. The zero-order valence-corrected chi connectivity index (χ0v) is 12.0. The molecule has 1 saturated heterocycles. The molecule has 0 amide bonds. The van der Waals surface area contributed by atoms with E-state index in [4.69, 9.17) is 0 Å². The summed E-state index contributed by atoms with van der Waals surface area (Å²) in [5.41, 5.74) is 0.637. The summed E-state index contributed by atoms with van der Waals surface area (Å²) in [7, 11) is -1.52. The fourth-order valence-electron chi connectivity index (χ4n) is 2.03. The number of ether oxygens (including phenoxy) is 1. The van der Waals surface area contributed by atoms with Gasteiger partial charge in [-0.05, 0) is 13.3 Å². The van der Waals surface area contributed by atoms with Crippen LogP contribution < -0.4 is 0 Å². The number of hydrogen-bond acceptors (Lipinski definition) is 5. The molecule has 1 rings (SSSR count).